The Balaban J connectivity index is 1.67. The van der Waals surface area contributed by atoms with Gasteiger partial charge in [-0.3, -0.25) is 14.9 Å². The molecule has 10 nitrogen and oxygen atoms in total. The molecule has 2 N–H and O–H groups in total. The summed E-state index contributed by atoms with van der Waals surface area (Å²) in [4.78, 5) is 29.5. The monoisotopic (exact) mass is 439 g/mol. The first-order valence-corrected chi connectivity index (χ1v) is 10.4. The number of ketones is 1. The van der Waals surface area contributed by atoms with Crippen molar-refractivity contribution in [2.24, 2.45) is 0 Å². The first kappa shape index (κ1) is 19.2. The second-order valence-electron chi connectivity index (χ2n) is 7.34. The molecule has 158 valence electrons. The van der Waals surface area contributed by atoms with Crippen LogP contribution in [0.4, 0.5) is 11.6 Å². The van der Waals surface area contributed by atoms with Gasteiger partial charge in [0.05, 0.1) is 12.0 Å². The number of carbonyl (C=O) groups is 1. The number of phenolic OH excluding ortho intramolecular Hbond substituents is 1. The molecule has 0 spiro atoms. The molecule has 5 rings (SSSR count). The minimum Gasteiger partial charge on any atom is -0.500 e. The summed E-state index contributed by atoms with van der Waals surface area (Å²) in [6.45, 7) is 0. The number of aromatic hydroxyl groups is 1. The van der Waals surface area contributed by atoms with Gasteiger partial charge in [-0.25, -0.2) is 4.68 Å². The van der Waals surface area contributed by atoms with Crippen LogP contribution in [-0.2, 0) is 4.79 Å². The summed E-state index contributed by atoms with van der Waals surface area (Å²) in [5.41, 5.74) is 1.13. The maximum atomic E-state index is 13.3. The Morgan fingerprint density at radius 1 is 1.39 bits per heavy atom. The number of ether oxygens (including phenoxy) is 1. The number of thiophene rings is 1. The molecule has 11 heteroatoms. The molecule has 2 aliphatic rings. The maximum Gasteiger partial charge on any atom is 0.315 e. The number of allylic oxidation sites excluding steroid dienone is 2. The molecule has 0 fully saturated rings. The van der Waals surface area contributed by atoms with Crippen LogP contribution >= 0.6 is 11.3 Å². The number of nitrogens with zero attached hydrogens (tertiary/aromatic N) is 4. The normalized spacial score (nSPS) is 20.1. The number of phenols is 1. The fraction of sp³-hybridized carbons (Fsp3) is 0.250. The van der Waals surface area contributed by atoms with Crippen molar-refractivity contribution >= 4 is 28.8 Å². The highest BCUT2D eigenvalue weighted by Gasteiger charge is 2.40. The number of Topliss-reactive ketones (excluding diaryl/α,β-unsaturated/α-hetero) is 1. The molecule has 31 heavy (non-hydrogen) atoms. The summed E-state index contributed by atoms with van der Waals surface area (Å²) in [5, 5.41) is 31.1. The van der Waals surface area contributed by atoms with Gasteiger partial charge in [0.15, 0.2) is 11.5 Å². The maximum absolute atomic E-state index is 13.3. The zero-order chi connectivity index (χ0) is 21.7. The molecule has 2 atom stereocenters. The fourth-order valence-electron chi connectivity index (χ4n) is 4.25. The van der Waals surface area contributed by atoms with E-state index in [1.165, 1.54) is 30.3 Å². The summed E-state index contributed by atoms with van der Waals surface area (Å²) in [5.74, 6) is -0.180. The Kier molecular flexibility index (Phi) is 4.47. The van der Waals surface area contributed by atoms with Gasteiger partial charge in [-0.1, -0.05) is 6.07 Å². The number of aromatic nitrogens is 3. The number of carbonyl (C=O) groups excluding carboxylic acids is 1. The number of nitro groups is 1. The summed E-state index contributed by atoms with van der Waals surface area (Å²) in [7, 11) is 1.31. The lowest BCUT2D eigenvalue weighted by molar-refractivity contribution is -0.386. The Hall–Kier alpha value is -3.73. The molecule has 1 aliphatic heterocycles. The molecule has 0 radical (unpaired) electrons. The molecular weight excluding hydrogens is 422 g/mol. The Morgan fingerprint density at radius 2 is 2.23 bits per heavy atom. The Morgan fingerprint density at radius 3 is 2.94 bits per heavy atom. The van der Waals surface area contributed by atoms with E-state index in [-0.39, 0.29) is 17.5 Å². The van der Waals surface area contributed by atoms with E-state index in [9.17, 15) is 20.0 Å². The van der Waals surface area contributed by atoms with E-state index in [1.54, 1.807) is 11.3 Å². The highest BCUT2D eigenvalue weighted by molar-refractivity contribution is 7.10. The molecule has 3 aromatic rings. The number of nitrogens with one attached hydrogen (secondary N) is 1. The van der Waals surface area contributed by atoms with Crippen molar-refractivity contribution in [3.8, 4) is 11.5 Å². The van der Waals surface area contributed by atoms with Crippen LogP contribution in [0.1, 0.15) is 35.2 Å². The van der Waals surface area contributed by atoms with Crippen molar-refractivity contribution in [3.05, 3.63) is 67.8 Å². The third kappa shape index (κ3) is 3.05. The summed E-state index contributed by atoms with van der Waals surface area (Å²) >= 11 is 1.61. The zero-order valence-corrected chi connectivity index (χ0v) is 17.1. The van der Waals surface area contributed by atoms with E-state index >= 15 is 0 Å². The van der Waals surface area contributed by atoms with Gasteiger partial charge in [0.2, 0.25) is 11.7 Å². The van der Waals surface area contributed by atoms with E-state index < -0.39 is 22.4 Å². The summed E-state index contributed by atoms with van der Waals surface area (Å²) in [6, 6.07) is 6.00. The van der Waals surface area contributed by atoms with E-state index in [0.717, 1.165) is 10.6 Å². The van der Waals surface area contributed by atoms with Crippen molar-refractivity contribution in [1.29, 1.82) is 0 Å². The molecule has 0 amide bonds. The Labute approximate surface area is 180 Å². The highest BCUT2D eigenvalue weighted by Crippen LogP contribution is 2.47. The molecule has 0 saturated carbocycles. The third-order valence-electron chi connectivity index (χ3n) is 5.62. The zero-order valence-electron chi connectivity index (χ0n) is 16.3. The minimum absolute atomic E-state index is 0.0498. The molecule has 0 unspecified atom stereocenters. The molecule has 3 heterocycles. The molecule has 0 saturated heterocycles. The standard InChI is InChI=1S/C20H17N5O5S/c1-30-15-8-11(6-13(19(15)27)25(28)29)18-17-12(23-20-21-9-22-24(18)20)5-10(7-14(17)26)16-3-2-4-31-16/h2-4,6,8-10,18,27H,5,7H2,1H3,(H,21,22,23)/t10-,18-/m1/s1. The van der Waals surface area contributed by atoms with Crippen LogP contribution in [0.25, 0.3) is 0 Å². The smallest absolute Gasteiger partial charge is 0.315 e. The van der Waals surface area contributed by atoms with E-state index in [2.05, 4.69) is 15.4 Å². The second kappa shape index (κ2) is 7.20. The van der Waals surface area contributed by atoms with Crippen LogP contribution in [0.5, 0.6) is 11.5 Å². The van der Waals surface area contributed by atoms with Crippen LogP contribution in [0.15, 0.2) is 47.2 Å². The largest absolute Gasteiger partial charge is 0.500 e. The first-order chi connectivity index (χ1) is 15.0. The van der Waals surface area contributed by atoms with E-state index in [1.807, 2.05) is 17.5 Å². The lowest BCUT2D eigenvalue weighted by Crippen LogP contribution is -2.33. The van der Waals surface area contributed by atoms with Gasteiger partial charge in [0.1, 0.15) is 12.4 Å². The number of methoxy groups -OCH3 is 1. The minimum atomic E-state index is -0.723. The van der Waals surface area contributed by atoms with Gasteiger partial charge in [-0.2, -0.15) is 10.1 Å². The van der Waals surface area contributed by atoms with Gasteiger partial charge < -0.3 is 15.2 Å². The van der Waals surface area contributed by atoms with Crippen molar-refractivity contribution in [1.82, 2.24) is 14.8 Å². The number of benzene rings is 1. The SMILES string of the molecule is COc1cc([C@@H]2C3=C(C[C@@H](c4cccs4)CC3=O)Nc3ncnn32)cc([N+](=O)[O-])c1O. The quantitative estimate of drug-likeness (QED) is 0.467. The predicted molar refractivity (Wildman–Crippen MR) is 111 cm³/mol. The molecule has 2 aromatic heterocycles. The van der Waals surface area contributed by atoms with Gasteiger partial charge >= 0.3 is 5.69 Å². The van der Waals surface area contributed by atoms with Crippen LogP contribution < -0.4 is 10.1 Å². The number of rotatable bonds is 4. The fourth-order valence-corrected chi connectivity index (χ4v) is 5.08. The van der Waals surface area contributed by atoms with Crippen molar-refractivity contribution < 1.29 is 19.6 Å². The van der Waals surface area contributed by atoms with Crippen molar-refractivity contribution in [2.45, 2.75) is 24.8 Å². The first-order valence-electron chi connectivity index (χ1n) is 9.49. The summed E-state index contributed by atoms with van der Waals surface area (Å²) < 4.78 is 6.68. The van der Waals surface area contributed by atoms with E-state index in [0.29, 0.717) is 29.9 Å². The van der Waals surface area contributed by atoms with Crippen LogP contribution in [-0.4, -0.2) is 37.7 Å². The predicted octanol–water partition coefficient (Wildman–Crippen LogP) is 3.38. The third-order valence-corrected chi connectivity index (χ3v) is 6.65. The Bertz CT molecular complexity index is 1230. The number of fused-ring (bicyclic) bond motifs is 1. The highest BCUT2D eigenvalue weighted by atomic mass is 32.1. The van der Waals surface area contributed by atoms with Crippen molar-refractivity contribution in [3.63, 3.8) is 0 Å². The van der Waals surface area contributed by atoms with E-state index in [4.69, 9.17) is 4.74 Å². The van der Waals surface area contributed by atoms with Gasteiger partial charge in [0.25, 0.3) is 0 Å². The van der Waals surface area contributed by atoms with Crippen LogP contribution in [0.3, 0.4) is 0 Å². The number of nitro benzene ring substituents is 1. The number of anilines is 1. The number of hydrogen-bond donors (Lipinski definition) is 2. The topological polar surface area (TPSA) is 132 Å². The second-order valence-corrected chi connectivity index (χ2v) is 8.32. The summed E-state index contributed by atoms with van der Waals surface area (Å²) in [6.07, 6.45) is 2.31. The average molecular weight is 439 g/mol. The molecule has 1 aliphatic carbocycles. The van der Waals surface area contributed by atoms with Gasteiger partial charge in [0, 0.05) is 34.6 Å². The lowest BCUT2D eigenvalue weighted by Gasteiger charge is -2.34. The van der Waals surface area contributed by atoms with Crippen LogP contribution in [0, 0.1) is 10.1 Å². The molecular formula is C20H17N5O5S. The lowest BCUT2D eigenvalue weighted by atomic mass is 9.80. The number of hydrogen-bond acceptors (Lipinski definition) is 9. The van der Waals surface area contributed by atoms with Crippen molar-refractivity contribution in [2.75, 3.05) is 12.4 Å². The average Bonchev–Trinajstić information content (AvgIpc) is 3.44. The molecule has 1 aromatic carbocycles. The van der Waals surface area contributed by atoms with Crippen LogP contribution in [0.2, 0.25) is 0 Å². The molecule has 0 bridgehead atoms. The van der Waals surface area contributed by atoms with Gasteiger partial charge in [-0.05, 0) is 29.5 Å². The van der Waals surface area contributed by atoms with Gasteiger partial charge in [-0.15, -0.1) is 11.3 Å².